The molecule has 1 aromatic carbocycles. The van der Waals surface area contributed by atoms with Crippen molar-refractivity contribution in [3.05, 3.63) is 50.9 Å². The smallest absolute Gasteiger partial charge is 0.341 e. The number of carbonyl (C=O) groups is 4. The van der Waals surface area contributed by atoms with Crippen LogP contribution in [0.15, 0.2) is 24.3 Å². The van der Waals surface area contributed by atoms with Gasteiger partial charge in [-0.15, -0.1) is 11.3 Å². The fourth-order valence-corrected chi connectivity index (χ4v) is 3.63. The number of benzene rings is 1. The van der Waals surface area contributed by atoms with Crippen molar-refractivity contribution < 1.29 is 28.7 Å². The standard InChI is InChI=1S/C20H20ClNO6S/c1-11-12(2)29-19(18(11)20(26)27-3)22-16(24)10-28-17(25)9-8-15(23)13-4-6-14(21)7-5-13/h4-7H,8-10H2,1-3H3,(H,22,24). The van der Waals surface area contributed by atoms with Crippen molar-refractivity contribution in [2.75, 3.05) is 19.0 Å². The van der Waals surface area contributed by atoms with Crippen molar-refractivity contribution >= 4 is 51.6 Å². The molecule has 2 rings (SSSR count). The highest BCUT2D eigenvalue weighted by Gasteiger charge is 2.22. The van der Waals surface area contributed by atoms with Gasteiger partial charge < -0.3 is 14.8 Å². The minimum Gasteiger partial charge on any atom is -0.465 e. The highest BCUT2D eigenvalue weighted by Crippen LogP contribution is 2.32. The molecule has 0 aliphatic carbocycles. The van der Waals surface area contributed by atoms with Crippen LogP contribution in [0.3, 0.4) is 0 Å². The van der Waals surface area contributed by atoms with Crippen molar-refractivity contribution in [1.29, 1.82) is 0 Å². The number of aryl methyl sites for hydroxylation is 1. The molecule has 2 aromatic rings. The number of Topliss-reactive ketones (excluding diaryl/α,β-unsaturated/α-hetero) is 1. The zero-order valence-corrected chi connectivity index (χ0v) is 17.7. The van der Waals surface area contributed by atoms with E-state index in [-0.39, 0.29) is 24.2 Å². The van der Waals surface area contributed by atoms with Crippen LogP contribution in [-0.2, 0) is 19.1 Å². The van der Waals surface area contributed by atoms with E-state index in [9.17, 15) is 19.2 Å². The van der Waals surface area contributed by atoms with Gasteiger partial charge in [0, 0.05) is 21.9 Å². The summed E-state index contributed by atoms with van der Waals surface area (Å²) >= 11 is 7.00. The first-order valence-corrected chi connectivity index (χ1v) is 9.85. The third kappa shape index (κ3) is 6.13. The fourth-order valence-electron chi connectivity index (χ4n) is 2.44. The molecule has 0 fully saturated rings. The summed E-state index contributed by atoms with van der Waals surface area (Å²) in [5.41, 5.74) is 1.44. The Morgan fingerprint density at radius 1 is 1.07 bits per heavy atom. The van der Waals surface area contributed by atoms with Gasteiger partial charge in [-0.3, -0.25) is 14.4 Å². The number of nitrogens with one attached hydrogen (secondary N) is 1. The van der Waals surface area contributed by atoms with Crippen LogP contribution >= 0.6 is 22.9 Å². The molecule has 1 aromatic heterocycles. The molecule has 0 bridgehead atoms. The zero-order valence-electron chi connectivity index (χ0n) is 16.2. The molecular formula is C20H20ClNO6S. The van der Waals surface area contributed by atoms with Crippen molar-refractivity contribution in [1.82, 2.24) is 0 Å². The van der Waals surface area contributed by atoms with E-state index >= 15 is 0 Å². The molecule has 0 atom stereocenters. The van der Waals surface area contributed by atoms with Gasteiger partial charge in [-0.25, -0.2) is 4.79 Å². The second-order valence-corrected chi connectivity index (χ2v) is 7.78. The predicted molar refractivity (Wildman–Crippen MR) is 110 cm³/mol. The van der Waals surface area contributed by atoms with E-state index in [0.29, 0.717) is 15.6 Å². The molecular weight excluding hydrogens is 418 g/mol. The predicted octanol–water partition coefficient (Wildman–Crippen LogP) is 3.95. The number of ketones is 1. The Balaban J connectivity index is 1.84. The second-order valence-electron chi connectivity index (χ2n) is 6.12. The lowest BCUT2D eigenvalue weighted by Crippen LogP contribution is -2.21. The summed E-state index contributed by atoms with van der Waals surface area (Å²) in [6, 6.07) is 6.34. The van der Waals surface area contributed by atoms with E-state index in [1.807, 2.05) is 6.92 Å². The van der Waals surface area contributed by atoms with E-state index in [1.165, 1.54) is 18.4 Å². The first-order chi connectivity index (χ1) is 13.7. The highest BCUT2D eigenvalue weighted by atomic mass is 35.5. The summed E-state index contributed by atoms with van der Waals surface area (Å²) in [4.78, 5) is 48.7. The van der Waals surface area contributed by atoms with Crippen LogP contribution in [0, 0.1) is 13.8 Å². The van der Waals surface area contributed by atoms with Gasteiger partial charge >= 0.3 is 11.9 Å². The molecule has 0 aliphatic rings. The number of esters is 2. The molecule has 154 valence electrons. The molecule has 9 heteroatoms. The number of rotatable bonds is 8. The van der Waals surface area contributed by atoms with E-state index in [2.05, 4.69) is 5.32 Å². The summed E-state index contributed by atoms with van der Waals surface area (Å²) < 4.78 is 9.65. The number of methoxy groups -OCH3 is 1. The van der Waals surface area contributed by atoms with Crippen LogP contribution in [0.5, 0.6) is 0 Å². The van der Waals surface area contributed by atoms with Gasteiger partial charge in [-0.2, -0.15) is 0 Å². The quantitative estimate of drug-likeness (QED) is 0.496. The van der Waals surface area contributed by atoms with Crippen molar-refractivity contribution in [2.24, 2.45) is 0 Å². The van der Waals surface area contributed by atoms with Gasteiger partial charge in [0.05, 0.1) is 19.1 Å². The largest absolute Gasteiger partial charge is 0.465 e. The molecule has 0 saturated carbocycles. The second kappa shape index (κ2) is 10.2. The third-order valence-corrected chi connectivity index (χ3v) is 5.49. The average molecular weight is 438 g/mol. The Labute approximate surface area is 177 Å². The molecule has 0 unspecified atom stereocenters. The molecule has 1 heterocycles. The maximum Gasteiger partial charge on any atom is 0.341 e. The van der Waals surface area contributed by atoms with Crippen molar-refractivity contribution in [2.45, 2.75) is 26.7 Å². The normalized spacial score (nSPS) is 10.3. The van der Waals surface area contributed by atoms with Gasteiger partial charge in [-0.05, 0) is 43.7 Å². The first-order valence-electron chi connectivity index (χ1n) is 8.65. The van der Waals surface area contributed by atoms with Crippen LogP contribution < -0.4 is 5.32 Å². The molecule has 0 radical (unpaired) electrons. The van der Waals surface area contributed by atoms with Gasteiger partial charge in [0.15, 0.2) is 12.4 Å². The topological polar surface area (TPSA) is 98.8 Å². The number of hydrogen-bond acceptors (Lipinski definition) is 7. The summed E-state index contributed by atoms with van der Waals surface area (Å²) in [5, 5.41) is 3.41. The van der Waals surface area contributed by atoms with Gasteiger partial charge in [-0.1, -0.05) is 11.6 Å². The number of ether oxygens (including phenoxy) is 2. The molecule has 0 spiro atoms. The lowest BCUT2D eigenvalue weighted by molar-refractivity contribution is -0.147. The fraction of sp³-hybridized carbons (Fsp3) is 0.300. The SMILES string of the molecule is COC(=O)c1c(NC(=O)COC(=O)CCC(=O)c2ccc(Cl)cc2)sc(C)c1C. The van der Waals surface area contributed by atoms with Crippen LogP contribution in [0.1, 0.15) is 44.0 Å². The Bertz CT molecular complexity index is 935. The molecule has 0 aliphatic heterocycles. The van der Waals surface area contributed by atoms with E-state index < -0.39 is 24.5 Å². The number of anilines is 1. The lowest BCUT2D eigenvalue weighted by atomic mass is 10.1. The van der Waals surface area contributed by atoms with Crippen LogP contribution in [0.4, 0.5) is 5.00 Å². The monoisotopic (exact) mass is 437 g/mol. The van der Waals surface area contributed by atoms with Gasteiger partial charge in [0.2, 0.25) is 0 Å². The minimum atomic E-state index is -0.672. The van der Waals surface area contributed by atoms with E-state index in [4.69, 9.17) is 21.1 Å². The summed E-state index contributed by atoms with van der Waals surface area (Å²) in [7, 11) is 1.26. The molecule has 1 N–H and O–H groups in total. The number of carbonyl (C=O) groups excluding carboxylic acids is 4. The number of thiophene rings is 1. The van der Waals surface area contributed by atoms with E-state index in [1.54, 1.807) is 31.2 Å². The number of amides is 1. The molecule has 1 amide bonds. The van der Waals surface area contributed by atoms with Crippen LogP contribution in [0.2, 0.25) is 5.02 Å². The number of hydrogen-bond donors (Lipinski definition) is 1. The van der Waals surface area contributed by atoms with E-state index in [0.717, 1.165) is 10.4 Å². The zero-order chi connectivity index (χ0) is 21.6. The summed E-state index contributed by atoms with van der Waals surface area (Å²) in [6.07, 6.45) is -0.197. The van der Waals surface area contributed by atoms with Crippen LogP contribution in [0.25, 0.3) is 0 Å². The Hall–Kier alpha value is -2.71. The lowest BCUT2D eigenvalue weighted by Gasteiger charge is -2.07. The number of halogens is 1. The van der Waals surface area contributed by atoms with Crippen LogP contribution in [-0.4, -0.2) is 37.3 Å². The average Bonchev–Trinajstić information content (AvgIpc) is 2.97. The summed E-state index contributed by atoms with van der Waals surface area (Å²) in [6.45, 7) is 3.05. The Morgan fingerprint density at radius 2 is 1.72 bits per heavy atom. The highest BCUT2D eigenvalue weighted by molar-refractivity contribution is 7.16. The van der Waals surface area contributed by atoms with Gasteiger partial charge in [0.1, 0.15) is 5.00 Å². The Kier molecular flexibility index (Phi) is 7.92. The molecule has 29 heavy (non-hydrogen) atoms. The van der Waals surface area contributed by atoms with Crippen molar-refractivity contribution in [3.8, 4) is 0 Å². The van der Waals surface area contributed by atoms with Gasteiger partial charge in [0.25, 0.3) is 5.91 Å². The minimum absolute atomic E-state index is 0.0438. The maximum absolute atomic E-state index is 12.1. The third-order valence-electron chi connectivity index (χ3n) is 4.11. The maximum atomic E-state index is 12.1. The first kappa shape index (κ1) is 22.6. The Morgan fingerprint density at radius 3 is 2.34 bits per heavy atom. The van der Waals surface area contributed by atoms with Crippen molar-refractivity contribution in [3.63, 3.8) is 0 Å². The molecule has 0 saturated heterocycles. The summed E-state index contributed by atoms with van der Waals surface area (Å²) in [5.74, 6) is -2.04. The molecule has 7 nitrogen and oxygen atoms in total.